The average Bonchev–Trinajstić information content (AvgIpc) is 3.13. The maximum atomic E-state index is 10.6. The highest BCUT2D eigenvalue weighted by molar-refractivity contribution is 5.85. The highest BCUT2D eigenvalue weighted by Gasteiger charge is 2.30. The average molecular weight is 374 g/mol. The fraction of sp³-hybridized carbons (Fsp3) is 0.400. The maximum Gasteiger partial charge on any atom is 0.306 e. The summed E-state index contributed by atoms with van der Waals surface area (Å²) in [6.45, 7) is 3.16. The number of rotatable bonds is 5. The van der Waals surface area contributed by atoms with Crippen LogP contribution in [0, 0.1) is 10.1 Å². The molecule has 0 bridgehead atoms. The Morgan fingerprint density at radius 3 is 2.54 bits per heavy atom. The van der Waals surface area contributed by atoms with Gasteiger partial charge in [0, 0.05) is 31.6 Å². The number of aromatic nitrogens is 2. The summed E-state index contributed by atoms with van der Waals surface area (Å²) in [5, 5.41) is 14.7. The number of halogens is 2. The second-order valence-electron chi connectivity index (χ2n) is 5.66. The normalized spacial score (nSPS) is 20.2. The van der Waals surface area contributed by atoms with Crippen LogP contribution in [0.2, 0.25) is 0 Å². The molecule has 2 heterocycles. The van der Waals surface area contributed by atoms with Crippen LogP contribution < -0.4 is 5.73 Å². The lowest BCUT2D eigenvalue weighted by atomic mass is 9.95. The Hall–Kier alpha value is -1.67. The van der Waals surface area contributed by atoms with E-state index in [1.807, 2.05) is 18.2 Å². The van der Waals surface area contributed by atoms with E-state index in [4.69, 9.17) is 5.73 Å². The minimum atomic E-state index is -0.430. The zero-order valence-corrected chi connectivity index (χ0v) is 14.7. The van der Waals surface area contributed by atoms with E-state index < -0.39 is 4.92 Å². The van der Waals surface area contributed by atoms with Crippen molar-refractivity contribution in [1.82, 2.24) is 14.7 Å². The van der Waals surface area contributed by atoms with E-state index in [2.05, 4.69) is 22.1 Å². The van der Waals surface area contributed by atoms with Gasteiger partial charge in [-0.2, -0.15) is 5.10 Å². The Bertz CT molecular complexity index is 652. The topological polar surface area (TPSA) is 90.2 Å². The molecule has 1 aromatic carbocycles. The first-order valence-electron chi connectivity index (χ1n) is 7.33. The number of hydrogen-bond acceptors (Lipinski definition) is 5. The molecule has 9 heteroatoms. The quantitative estimate of drug-likeness (QED) is 0.639. The number of likely N-dealkylation sites (tertiary alicyclic amines) is 1. The summed E-state index contributed by atoms with van der Waals surface area (Å²) in [5.41, 5.74) is 7.56. The van der Waals surface area contributed by atoms with E-state index in [1.54, 1.807) is 4.68 Å². The van der Waals surface area contributed by atoms with Crippen molar-refractivity contribution in [3.8, 4) is 0 Å². The number of hydrogen-bond donors (Lipinski definition) is 1. The molecule has 1 fully saturated rings. The number of nitrogens with two attached hydrogens (primary N) is 1. The summed E-state index contributed by atoms with van der Waals surface area (Å²) >= 11 is 0. The van der Waals surface area contributed by atoms with Crippen LogP contribution in [-0.2, 0) is 6.54 Å². The second-order valence-corrected chi connectivity index (χ2v) is 5.66. The summed E-state index contributed by atoms with van der Waals surface area (Å²) in [4.78, 5) is 12.5. The van der Waals surface area contributed by atoms with E-state index in [0.717, 1.165) is 19.6 Å². The molecule has 0 aliphatic carbocycles. The molecule has 3 rings (SSSR count). The molecule has 0 saturated carbocycles. The molecule has 0 unspecified atom stereocenters. The molecule has 1 aliphatic rings. The van der Waals surface area contributed by atoms with Crippen molar-refractivity contribution in [2.24, 2.45) is 5.73 Å². The van der Waals surface area contributed by atoms with E-state index in [1.165, 1.54) is 18.0 Å². The zero-order chi connectivity index (χ0) is 15.5. The van der Waals surface area contributed by atoms with Crippen LogP contribution in [0.15, 0.2) is 42.7 Å². The Balaban J connectivity index is 0.00000144. The molecule has 7 nitrogen and oxygen atoms in total. The Labute approximate surface area is 152 Å². The minimum absolute atomic E-state index is 0. The molecule has 2 atom stereocenters. The van der Waals surface area contributed by atoms with Gasteiger partial charge in [0.15, 0.2) is 0 Å². The number of nitrogens with zero attached hydrogens (tertiary/aromatic N) is 4. The summed E-state index contributed by atoms with van der Waals surface area (Å²) < 4.78 is 1.61. The van der Waals surface area contributed by atoms with Gasteiger partial charge in [-0.15, -0.1) is 24.8 Å². The molecular formula is C15H21Cl2N5O2. The maximum absolute atomic E-state index is 10.6. The predicted molar refractivity (Wildman–Crippen MR) is 97.0 cm³/mol. The lowest BCUT2D eigenvalue weighted by Gasteiger charge is -2.15. The van der Waals surface area contributed by atoms with Gasteiger partial charge in [-0.25, -0.2) is 0 Å². The smallest absolute Gasteiger partial charge is 0.306 e. The summed E-state index contributed by atoms with van der Waals surface area (Å²) in [5.74, 6) is 0.341. The fourth-order valence-electron chi connectivity index (χ4n) is 2.96. The monoisotopic (exact) mass is 373 g/mol. The second kappa shape index (κ2) is 8.98. The van der Waals surface area contributed by atoms with Gasteiger partial charge in [-0.05, 0) is 5.56 Å². The molecule has 0 amide bonds. The Morgan fingerprint density at radius 2 is 1.92 bits per heavy atom. The molecule has 24 heavy (non-hydrogen) atoms. The van der Waals surface area contributed by atoms with Crippen LogP contribution in [-0.4, -0.2) is 45.3 Å². The SMILES string of the molecule is Cl.Cl.N[C@@H]1CN(CCn2cc([N+](=O)[O-])cn2)C[C@H]1c1ccccc1. The summed E-state index contributed by atoms with van der Waals surface area (Å²) in [6.07, 6.45) is 2.74. The first-order valence-corrected chi connectivity index (χ1v) is 7.33. The molecule has 2 aromatic rings. The van der Waals surface area contributed by atoms with Crippen LogP contribution >= 0.6 is 24.8 Å². The van der Waals surface area contributed by atoms with Crippen molar-refractivity contribution in [1.29, 1.82) is 0 Å². The van der Waals surface area contributed by atoms with Gasteiger partial charge < -0.3 is 5.73 Å². The minimum Gasteiger partial charge on any atom is -0.326 e. The molecule has 1 aromatic heterocycles. The van der Waals surface area contributed by atoms with E-state index >= 15 is 0 Å². The van der Waals surface area contributed by atoms with Crippen molar-refractivity contribution in [3.63, 3.8) is 0 Å². The number of benzene rings is 1. The molecule has 132 valence electrons. The largest absolute Gasteiger partial charge is 0.326 e. The van der Waals surface area contributed by atoms with E-state index in [0.29, 0.717) is 12.5 Å². The van der Waals surface area contributed by atoms with Crippen LogP contribution in [0.5, 0.6) is 0 Å². The lowest BCUT2D eigenvalue weighted by molar-refractivity contribution is -0.385. The van der Waals surface area contributed by atoms with Crippen molar-refractivity contribution in [2.75, 3.05) is 19.6 Å². The van der Waals surface area contributed by atoms with Crippen LogP contribution in [0.1, 0.15) is 11.5 Å². The van der Waals surface area contributed by atoms with Gasteiger partial charge in [0.05, 0.1) is 11.5 Å². The van der Waals surface area contributed by atoms with E-state index in [9.17, 15) is 10.1 Å². The van der Waals surface area contributed by atoms with Gasteiger partial charge in [0.1, 0.15) is 12.4 Å². The molecule has 2 N–H and O–H groups in total. The van der Waals surface area contributed by atoms with Crippen molar-refractivity contribution in [2.45, 2.75) is 18.5 Å². The molecule has 1 saturated heterocycles. The van der Waals surface area contributed by atoms with Crippen LogP contribution in [0.3, 0.4) is 0 Å². The van der Waals surface area contributed by atoms with Gasteiger partial charge in [0.25, 0.3) is 0 Å². The zero-order valence-electron chi connectivity index (χ0n) is 13.0. The lowest BCUT2D eigenvalue weighted by Crippen LogP contribution is -2.30. The third-order valence-electron chi connectivity index (χ3n) is 4.14. The number of nitro groups is 1. The van der Waals surface area contributed by atoms with Crippen LogP contribution in [0.25, 0.3) is 0 Å². The van der Waals surface area contributed by atoms with Gasteiger partial charge >= 0.3 is 5.69 Å². The Kier molecular flexibility index (Phi) is 7.62. The van der Waals surface area contributed by atoms with Gasteiger partial charge in [-0.3, -0.25) is 19.7 Å². The van der Waals surface area contributed by atoms with Crippen molar-refractivity contribution < 1.29 is 4.92 Å². The summed E-state index contributed by atoms with van der Waals surface area (Å²) in [6, 6.07) is 10.4. The predicted octanol–water partition coefficient (Wildman–Crippen LogP) is 2.06. The molecule has 1 aliphatic heterocycles. The third kappa shape index (κ3) is 4.67. The van der Waals surface area contributed by atoms with Crippen LogP contribution in [0.4, 0.5) is 5.69 Å². The Morgan fingerprint density at radius 1 is 1.21 bits per heavy atom. The first kappa shape index (κ1) is 20.4. The summed E-state index contributed by atoms with van der Waals surface area (Å²) in [7, 11) is 0. The standard InChI is InChI=1S/C15H19N5O2.2ClH/c16-15-11-18(10-14(15)12-4-2-1-3-5-12)6-7-19-9-13(8-17-19)20(21)22;;/h1-5,8-9,14-15H,6-7,10-11,16H2;2*1H/t14-,15+;;/m0../s1. The molecule has 0 spiro atoms. The fourth-order valence-corrected chi connectivity index (χ4v) is 2.96. The molecule has 0 radical (unpaired) electrons. The molecular weight excluding hydrogens is 353 g/mol. The highest BCUT2D eigenvalue weighted by atomic mass is 35.5. The van der Waals surface area contributed by atoms with E-state index in [-0.39, 0.29) is 36.5 Å². The third-order valence-corrected chi connectivity index (χ3v) is 4.14. The van der Waals surface area contributed by atoms with Gasteiger partial charge in [0.2, 0.25) is 0 Å². The van der Waals surface area contributed by atoms with Gasteiger partial charge in [-0.1, -0.05) is 30.3 Å². The first-order chi connectivity index (χ1) is 10.6. The highest BCUT2D eigenvalue weighted by Crippen LogP contribution is 2.26. The van der Waals surface area contributed by atoms with Crippen molar-refractivity contribution in [3.05, 3.63) is 58.4 Å². The van der Waals surface area contributed by atoms with Crippen molar-refractivity contribution >= 4 is 30.5 Å².